The van der Waals surface area contributed by atoms with E-state index in [-0.39, 0.29) is 0 Å². The molecule has 0 aliphatic heterocycles. The number of rotatable bonds is 8. The van der Waals surface area contributed by atoms with Crippen LogP contribution in [0, 0.1) is 0 Å². The lowest BCUT2D eigenvalue weighted by molar-refractivity contribution is 0.341. The normalized spacial score (nSPS) is 13.8. The van der Waals surface area contributed by atoms with Gasteiger partial charge in [-0.3, -0.25) is 0 Å². The Labute approximate surface area is 164 Å². The van der Waals surface area contributed by atoms with Crippen molar-refractivity contribution in [1.29, 1.82) is 0 Å². The van der Waals surface area contributed by atoms with Crippen molar-refractivity contribution in [2.24, 2.45) is 0 Å². The van der Waals surface area contributed by atoms with Gasteiger partial charge in [-0.1, -0.05) is 11.6 Å². The summed E-state index contributed by atoms with van der Waals surface area (Å²) in [6.07, 6.45) is 3.35. The van der Waals surface area contributed by atoms with Gasteiger partial charge in [0, 0.05) is 23.2 Å². The maximum atomic E-state index is 5.92. The van der Waals surface area contributed by atoms with Crippen molar-refractivity contribution in [3.63, 3.8) is 0 Å². The van der Waals surface area contributed by atoms with Gasteiger partial charge in [0.25, 0.3) is 0 Å². The van der Waals surface area contributed by atoms with E-state index in [0.717, 1.165) is 43.0 Å². The molecule has 140 valence electrons. The van der Waals surface area contributed by atoms with Crippen LogP contribution in [0.15, 0.2) is 28.7 Å². The Morgan fingerprint density at radius 3 is 2.65 bits per heavy atom. The van der Waals surface area contributed by atoms with Crippen molar-refractivity contribution >= 4 is 28.9 Å². The van der Waals surface area contributed by atoms with Crippen LogP contribution in [0.1, 0.15) is 25.2 Å². The molecule has 1 aliphatic rings. The summed E-state index contributed by atoms with van der Waals surface area (Å²) in [6, 6.07) is 7.83. The molecule has 1 saturated carbocycles. The largest absolute Gasteiger partial charge is 0.419 e. The highest BCUT2D eigenvalue weighted by molar-refractivity contribution is 7.80. The van der Waals surface area contributed by atoms with Gasteiger partial charge in [0.05, 0.1) is 6.54 Å². The van der Waals surface area contributed by atoms with E-state index in [2.05, 4.69) is 39.4 Å². The van der Waals surface area contributed by atoms with Crippen LogP contribution in [0.25, 0.3) is 11.5 Å². The van der Waals surface area contributed by atoms with Crippen molar-refractivity contribution in [2.45, 2.75) is 31.8 Å². The first kappa shape index (κ1) is 19.1. The molecular weight excluding hydrogens is 370 g/mol. The van der Waals surface area contributed by atoms with Crippen LogP contribution in [0.4, 0.5) is 0 Å². The zero-order valence-corrected chi connectivity index (χ0v) is 16.7. The first-order chi connectivity index (χ1) is 12.5. The van der Waals surface area contributed by atoms with Crippen LogP contribution in [0.3, 0.4) is 0 Å². The second-order valence-corrected chi connectivity index (χ2v) is 7.58. The molecule has 0 atom stereocenters. The molecule has 3 rings (SSSR count). The van der Waals surface area contributed by atoms with Gasteiger partial charge in [0.2, 0.25) is 11.8 Å². The zero-order chi connectivity index (χ0) is 18.5. The van der Waals surface area contributed by atoms with E-state index in [9.17, 15) is 0 Å². The average molecular weight is 394 g/mol. The Bertz CT molecular complexity index is 729. The topological polar surface area (TPSA) is 57.4 Å². The van der Waals surface area contributed by atoms with Crippen LogP contribution in [0.5, 0.6) is 0 Å². The van der Waals surface area contributed by atoms with E-state index in [4.69, 9.17) is 28.2 Å². The standard InChI is InChI=1S/C18H24ClN5OS/c1-23(2)11-3-10-20-18(26)24(15-8-9-15)12-16-21-22-17(25-16)13-4-6-14(19)7-5-13/h4-7,15H,3,8-12H2,1-2H3,(H,20,26). The van der Waals surface area contributed by atoms with Gasteiger partial charge in [-0.15, -0.1) is 10.2 Å². The molecule has 1 fully saturated rings. The summed E-state index contributed by atoms with van der Waals surface area (Å²) >= 11 is 11.5. The molecular formula is C18H24ClN5OS. The van der Waals surface area contributed by atoms with Gasteiger partial charge in [-0.05, 0) is 76.4 Å². The van der Waals surface area contributed by atoms with E-state index < -0.39 is 0 Å². The van der Waals surface area contributed by atoms with Gasteiger partial charge >= 0.3 is 0 Å². The van der Waals surface area contributed by atoms with Crippen LogP contribution < -0.4 is 5.32 Å². The molecule has 1 N–H and O–H groups in total. The third kappa shape index (κ3) is 5.40. The molecule has 6 nitrogen and oxygen atoms in total. The lowest BCUT2D eigenvalue weighted by atomic mass is 10.2. The number of nitrogens with zero attached hydrogens (tertiary/aromatic N) is 4. The number of hydrogen-bond acceptors (Lipinski definition) is 5. The van der Waals surface area contributed by atoms with Crippen molar-refractivity contribution in [1.82, 2.24) is 25.3 Å². The summed E-state index contributed by atoms with van der Waals surface area (Å²) in [5, 5.41) is 13.1. The minimum atomic E-state index is 0.467. The predicted molar refractivity (Wildman–Crippen MR) is 107 cm³/mol. The van der Waals surface area contributed by atoms with Crippen molar-refractivity contribution in [3.8, 4) is 11.5 Å². The fourth-order valence-corrected chi connectivity index (χ4v) is 3.06. The molecule has 0 radical (unpaired) electrons. The van der Waals surface area contributed by atoms with Crippen molar-refractivity contribution < 1.29 is 4.42 Å². The van der Waals surface area contributed by atoms with E-state index in [1.165, 1.54) is 0 Å². The fourth-order valence-electron chi connectivity index (χ4n) is 2.62. The van der Waals surface area contributed by atoms with E-state index in [0.29, 0.717) is 29.4 Å². The quantitative estimate of drug-likeness (QED) is 0.546. The molecule has 1 aromatic carbocycles. The Morgan fingerprint density at radius 1 is 1.27 bits per heavy atom. The van der Waals surface area contributed by atoms with Crippen LogP contribution >= 0.6 is 23.8 Å². The lowest BCUT2D eigenvalue weighted by Crippen LogP contribution is -2.41. The zero-order valence-electron chi connectivity index (χ0n) is 15.1. The van der Waals surface area contributed by atoms with Crippen molar-refractivity contribution in [3.05, 3.63) is 35.2 Å². The van der Waals surface area contributed by atoms with Crippen LogP contribution in [-0.4, -0.2) is 58.3 Å². The highest BCUT2D eigenvalue weighted by Crippen LogP contribution is 2.29. The van der Waals surface area contributed by atoms with E-state index in [1.807, 2.05) is 24.3 Å². The van der Waals surface area contributed by atoms with Crippen LogP contribution in [-0.2, 0) is 6.54 Å². The summed E-state index contributed by atoms with van der Waals surface area (Å²) in [6.45, 7) is 2.43. The number of hydrogen-bond donors (Lipinski definition) is 1. The van der Waals surface area contributed by atoms with E-state index >= 15 is 0 Å². The summed E-state index contributed by atoms with van der Waals surface area (Å²) in [5.41, 5.74) is 0.857. The summed E-state index contributed by atoms with van der Waals surface area (Å²) in [7, 11) is 4.14. The molecule has 0 saturated heterocycles. The van der Waals surface area contributed by atoms with Gasteiger partial charge < -0.3 is 19.5 Å². The molecule has 26 heavy (non-hydrogen) atoms. The van der Waals surface area contributed by atoms with Gasteiger partial charge in [0.1, 0.15) is 0 Å². The summed E-state index contributed by atoms with van der Waals surface area (Å²) in [5.74, 6) is 1.07. The smallest absolute Gasteiger partial charge is 0.247 e. The monoisotopic (exact) mass is 393 g/mol. The lowest BCUT2D eigenvalue weighted by Gasteiger charge is -2.24. The number of halogens is 1. The SMILES string of the molecule is CN(C)CCCNC(=S)N(Cc1nnc(-c2ccc(Cl)cc2)o1)C1CC1. The molecule has 0 amide bonds. The maximum absolute atomic E-state index is 5.92. The van der Waals surface area contributed by atoms with Gasteiger partial charge in [-0.2, -0.15) is 0 Å². The fraction of sp³-hybridized carbons (Fsp3) is 0.500. The molecule has 8 heteroatoms. The van der Waals surface area contributed by atoms with Crippen molar-refractivity contribution in [2.75, 3.05) is 27.2 Å². The molecule has 1 aliphatic carbocycles. The molecule has 1 aromatic heterocycles. The molecule has 0 spiro atoms. The summed E-state index contributed by atoms with van der Waals surface area (Å²) < 4.78 is 5.82. The minimum Gasteiger partial charge on any atom is -0.419 e. The Hall–Kier alpha value is -1.70. The highest BCUT2D eigenvalue weighted by Gasteiger charge is 2.32. The number of nitrogens with one attached hydrogen (secondary N) is 1. The summed E-state index contributed by atoms with van der Waals surface area (Å²) in [4.78, 5) is 4.32. The third-order valence-corrected chi connectivity index (χ3v) is 4.80. The average Bonchev–Trinajstić information content (AvgIpc) is 3.35. The second kappa shape index (κ2) is 8.79. The number of benzene rings is 1. The van der Waals surface area contributed by atoms with Gasteiger partial charge in [-0.25, -0.2) is 0 Å². The second-order valence-electron chi connectivity index (χ2n) is 6.76. The van der Waals surface area contributed by atoms with Gasteiger partial charge in [0.15, 0.2) is 5.11 Å². The Kier molecular flexibility index (Phi) is 6.45. The molecule has 0 bridgehead atoms. The Morgan fingerprint density at radius 2 is 2.00 bits per heavy atom. The molecule has 1 heterocycles. The third-order valence-electron chi connectivity index (χ3n) is 4.17. The first-order valence-electron chi connectivity index (χ1n) is 8.80. The van der Waals surface area contributed by atoms with E-state index in [1.54, 1.807) is 0 Å². The first-order valence-corrected chi connectivity index (χ1v) is 9.59. The minimum absolute atomic E-state index is 0.467. The molecule has 2 aromatic rings. The van der Waals surface area contributed by atoms with Crippen LogP contribution in [0.2, 0.25) is 5.02 Å². The number of thiocarbonyl (C=S) groups is 1. The maximum Gasteiger partial charge on any atom is 0.247 e. The number of aromatic nitrogens is 2. The Balaban J connectivity index is 1.58. The predicted octanol–water partition coefficient (Wildman–Crippen LogP) is 3.18. The molecule has 0 unspecified atom stereocenters. The highest BCUT2D eigenvalue weighted by atomic mass is 35.5.